The molecule has 6 heteroatoms. The molecule has 3 rings (SSSR count). The smallest absolute Gasteiger partial charge is 0.222 e. The quantitative estimate of drug-likeness (QED) is 0.665. The fourth-order valence-corrected chi connectivity index (χ4v) is 3.46. The van der Waals surface area contributed by atoms with E-state index >= 15 is 0 Å². The second-order valence-corrected chi connectivity index (χ2v) is 7.20. The first-order valence-corrected chi connectivity index (χ1v) is 9.90. The molecule has 0 spiro atoms. The van der Waals surface area contributed by atoms with E-state index in [2.05, 4.69) is 11.0 Å². The summed E-state index contributed by atoms with van der Waals surface area (Å²) in [5.74, 6) is 0.977. The van der Waals surface area contributed by atoms with E-state index in [1.807, 2.05) is 47.4 Å². The van der Waals surface area contributed by atoms with E-state index in [-0.39, 0.29) is 11.9 Å². The van der Waals surface area contributed by atoms with Crippen molar-refractivity contribution in [2.45, 2.75) is 18.9 Å². The lowest BCUT2D eigenvalue weighted by molar-refractivity contribution is -0.133. The highest BCUT2D eigenvalue weighted by atomic mass is 35.5. The van der Waals surface area contributed by atoms with E-state index in [0.29, 0.717) is 50.7 Å². The Balaban J connectivity index is 1.42. The van der Waals surface area contributed by atoms with Crippen molar-refractivity contribution in [3.8, 4) is 11.8 Å². The molecule has 0 bridgehead atoms. The fraction of sp³-hybridized carbons (Fsp3) is 0.364. The van der Waals surface area contributed by atoms with E-state index < -0.39 is 0 Å². The van der Waals surface area contributed by atoms with Crippen LogP contribution < -0.4 is 4.74 Å². The minimum atomic E-state index is -0.311. The minimum absolute atomic E-state index is 0.149. The number of nitriles is 1. The average molecular weight is 398 g/mol. The summed E-state index contributed by atoms with van der Waals surface area (Å²) in [5, 5.41) is 10.3. The molecule has 1 atom stereocenters. The van der Waals surface area contributed by atoms with Gasteiger partial charge < -0.3 is 9.64 Å². The van der Waals surface area contributed by atoms with E-state index in [1.54, 1.807) is 12.1 Å². The van der Waals surface area contributed by atoms with Crippen molar-refractivity contribution < 1.29 is 9.53 Å². The first-order chi connectivity index (χ1) is 13.7. The van der Waals surface area contributed by atoms with Crippen molar-refractivity contribution in [1.82, 2.24) is 9.80 Å². The third kappa shape index (κ3) is 5.48. The number of ether oxygens (including phenoxy) is 1. The Hall–Kier alpha value is -2.55. The van der Waals surface area contributed by atoms with Crippen molar-refractivity contribution >= 4 is 17.5 Å². The number of benzene rings is 2. The van der Waals surface area contributed by atoms with Gasteiger partial charge in [-0.1, -0.05) is 41.9 Å². The number of hydrogen-bond donors (Lipinski definition) is 0. The molecule has 146 valence electrons. The highest BCUT2D eigenvalue weighted by Crippen LogP contribution is 2.23. The van der Waals surface area contributed by atoms with Crippen LogP contribution in [0.1, 0.15) is 24.4 Å². The van der Waals surface area contributed by atoms with E-state index in [9.17, 15) is 10.1 Å². The van der Waals surface area contributed by atoms with Crippen LogP contribution in [0.5, 0.6) is 5.75 Å². The first kappa shape index (κ1) is 20.2. The summed E-state index contributed by atoms with van der Waals surface area (Å²) >= 11 is 5.94. The molecule has 1 unspecified atom stereocenters. The Kier molecular flexibility index (Phi) is 7.30. The predicted molar refractivity (Wildman–Crippen MR) is 109 cm³/mol. The molecule has 0 saturated carbocycles. The Morgan fingerprint density at radius 3 is 2.39 bits per heavy atom. The van der Waals surface area contributed by atoms with Crippen molar-refractivity contribution in [3.05, 3.63) is 65.2 Å². The van der Waals surface area contributed by atoms with Crippen molar-refractivity contribution in [2.75, 3.05) is 32.8 Å². The van der Waals surface area contributed by atoms with Crippen molar-refractivity contribution in [2.24, 2.45) is 0 Å². The predicted octanol–water partition coefficient (Wildman–Crippen LogP) is 3.91. The van der Waals surface area contributed by atoms with Gasteiger partial charge in [-0.05, 0) is 36.2 Å². The zero-order chi connectivity index (χ0) is 19.8. The number of hydrogen-bond acceptors (Lipinski definition) is 4. The Morgan fingerprint density at radius 1 is 1.07 bits per heavy atom. The van der Waals surface area contributed by atoms with Crippen LogP contribution >= 0.6 is 11.6 Å². The van der Waals surface area contributed by atoms with Crippen LogP contribution in [0, 0.1) is 11.3 Å². The van der Waals surface area contributed by atoms with Gasteiger partial charge in [0, 0.05) is 37.6 Å². The maximum absolute atomic E-state index is 12.4. The molecule has 2 aromatic carbocycles. The number of carbonyl (C=O) groups is 1. The van der Waals surface area contributed by atoms with Crippen molar-refractivity contribution in [3.63, 3.8) is 0 Å². The summed E-state index contributed by atoms with van der Waals surface area (Å²) in [4.78, 5) is 16.4. The second-order valence-electron chi connectivity index (χ2n) is 6.77. The molecule has 0 aliphatic carbocycles. The van der Waals surface area contributed by atoms with Crippen LogP contribution in [0.3, 0.4) is 0 Å². The molecule has 1 saturated heterocycles. The molecule has 0 radical (unpaired) electrons. The Bertz CT molecular complexity index is 797. The molecule has 2 aromatic rings. The van der Waals surface area contributed by atoms with Gasteiger partial charge >= 0.3 is 0 Å². The van der Waals surface area contributed by atoms with Gasteiger partial charge in [-0.2, -0.15) is 5.26 Å². The van der Waals surface area contributed by atoms with Gasteiger partial charge in [-0.3, -0.25) is 9.69 Å². The number of carbonyl (C=O) groups excluding carboxylic acids is 1. The normalized spacial score (nSPS) is 15.6. The van der Waals surface area contributed by atoms with E-state index in [4.69, 9.17) is 16.3 Å². The standard InChI is InChI=1S/C22H24ClN3O2/c23-19-10-8-18(9-11-19)21(17-24)25-12-14-26(15-13-25)22(27)7-4-16-28-20-5-2-1-3-6-20/h1-3,5-6,8-11,21H,4,7,12-16H2. The molecule has 1 aliphatic heterocycles. The van der Waals surface area contributed by atoms with Gasteiger partial charge in [0.25, 0.3) is 0 Å². The van der Waals surface area contributed by atoms with Gasteiger partial charge in [0.1, 0.15) is 11.8 Å². The number of para-hydroxylation sites is 1. The van der Waals surface area contributed by atoms with Crippen LogP contribution in [0.4, 0.5) is 0 Å². The van der Waals surface area contributed by atoms with Crippen LogP contribution in [0.25, 0.3) is 0 Å². The summed E-state index contributed by atoms with van der Waals surface area (Å²) in [5.41, 5.74) is 0.935. The largest absolute Gasteiger partial charge is 0.494 e. The van der Waals surface area contributed by atoms with Crippen LogP contribution in [-0.4, -0.2) is 48.5 Å². The lowest BCUT2D eigenvalue weighted by Gasteiger charge is -2.37. The second kappa shape index (κ2) is 10.1. The Morgan fingerprint density at radius 2 is 1.75 bits per heavy atom. The molecule has 0 N–H and O–H groups in total. The van der Waals surface area contributed by atoms with Gasteiger partial charge in [0.2, 0.25) is 5.91 Å². The summed E-state index contributed by atoms with van der Waals surface area (Å²) in [6.45, 7) is 3.19. The number of piperazine rings is 1. The monoisotopic (exact) mass is 397 g/mol. The van der Waals surface area contributed by atoms with Gasteiger partial charge in [0.05, 0.1) is 12.7 Å². The van der Waals surface area contributed by atoms with E-state index in [1.165, 1.54) is 0 Å². The molecule has 0 aromatic heterocycles. The van der Waals surface area contributed by atoms with Gasteiger partial charge in [-0.25, -0.2) is 0 Å². The summed E-state index contributed by atoms with van der Waals surface area (Å²) in [6.07, 6.45) is 1.17. The molecule has 1 amide bonds. The first-order valence-electron chi connectivity index (χ1n) is 9.52. The minimum Gasteiger partial charge on any atom is -0.494 e. The number of amides is 1. The van der Waals surface area contributed by atoms with Gasteiger partial charge in [-0.15, -0.1) is 0 Å². The molecule has 1 heterocycles. The van der Waals surface area contributed by atoms with E-state index in [0.717, 1.165) is 11.3 Å². The lowest BCUT2D eigenvalue weighted by Crippen LogP contribution is -2.49. The zero-order valence-corrected chi connectivity index (χ0v) is 16.5. The van der Waals surface area contributed by atoms with Crippen LogP contribution in [-0.2, 0) is 4.79 Å². The maximum Gasteiger partial charge on any atom is 0.222 e. The SMILES string of the molecule is N#CC(c1ccc(Cl)cc1)N1CCN(C(=O)CCCOc2ccccc2)CC1. The molecule has 1 fully saturated rings. The summed E-state index contributed by atoms with van der Waals surface area (Å²) in [7, 11) is 0. The molecule has 5 nitrogen and oxygen atoms in total. The summed E-state index contributed by atoms with van der Waals surface area (Å²) in [6, 6.07) is 19.1. The third-order valence-corrected chi connectivity index (χ3v) is 5.14. The molecular formula is C22H24ClN3O2. The average Bonchev–Trinajstić information content (AvgIpc) is 2.74. The van der Waals surface area contributed by atoms with Gasteiger partial charge in [0.15, 0.2) is 0 Å². The summed E-state index contributed by atoms with van der Waals surface area (Å²) < 4.78 is 5.64. The van der Waals surface area contributed by atoms with Crippen LogP contribution in [0.2, 0.25) is 5.02 Å². The molecule has 28 heavy (non-hydrogen) atoms. The molecular weight excluding hydrogens is 374 g/mol. The third-order valence-electron chi connectivity index (χ3n) is 4.89. The number of nitrogens with zero attached hydrogens (tertiary/aromatic N) is 3. The van der Waals surface area contributed by atoms with Crippen LogP contribution in [0.15, 0.2) is 54.6 Å². The zero-order valence-electron chi connectivity index (χ0n) is 15.8. The number of halogens is 1. The Labute approximate surface area is 171 Å². The topological polar surface area (TPSA) is 56.6 Å². The highest BCUT2D eigenvalue weighted by Gasteiger charge is 2.26. The maximum atomic E-state index is 12.4. The molecule has 1 aliphatic rings. The number of rotatable bonds is 7. The fourth-order valence-electron chi connectivity index (χ4n) is 3.33. The highest BCUT2D eigenvalue weighted by molar-refractivity contribution is 6.30. The van der Waals surface area contributed by atoms with Crippen molar-refractivity contribution in [1.29, 1.82) is 5.26 Å². The lowest BCUT2D eigenvalue weighted by atomic mass is 10.1.